The SMILES string of the molecule is C[C@@H]1O[C@@H](Oc2cc(O)c3c(=O)c(O[C@@H]4O[C@H](CO[C@@H]5O[C@@H](C)[C@H](OC(=O)/C=C/c6ccc(O)cc6)[C@@H](O[C@@H]6O[C@H](CO)[C@@H](O)[C@H](O)[C@H]6O)[C@H]5O)[C@@H](O)[C@H](O)[C@H]4O)c(-c4ccc(O)cc4)oc3c2)[C@H](O)[C@H](O[C@@H]2O[C@H](CO)[C@@H](O)[C@H](O)[C@H]2O)[C@H]1O. The summed E-state index contributed by atoms with van der Waals surface area (Å²) in [5, 5.41) is 181. The van der Waals surface area contributed by atoms with E-state index in [9.17, 15) is 96.4 Å². The van der Waals surface area contributed by atoms with Gasteiger partial charge in [-0.25, -0.2) is 4.79 Å². The molecule has 0 spiro atoms. The average molecular weight is 1210 g/mol. The molecule has 0 unspecified atom stereocenters. The van der Waals surface area contributed by atoms with Gasteiger partial charge in [-0.2, -0.15) is 0 Å². The summed E-state index contributed by atoms with van der Waals surface area (Å²) in [5.41, 5.74) is -1.09. The van der Waals surface area contributed by atoms with Crippen LogP contribution in [0.25, 0.3) is 28.4 Å². The standard InChI is InChI=1S/C54H66O31/c1-18-32(61)47(83-51-40(69)37(66)33(62)27(15-55)79-51)43(72)54(75-18)77-24-13-25(59)31-26(14-24)78-46(21-6-10-23(58)11-7-21)48(36(31)65)84-53-42(71)39(68)35(64)29(81-53)17-74-50-44(73)49(85-52-41(70)38(67)34(63)28(16-56)80-52)45(19(2)76-50)82-30(60)12-5-20-3-8-22(57)9-4-20/h3-14,18-19,27-29,32-35,37-45,47,49-59,61-64,66-73H,15-17H2,1-2H3/b12-5+/t18-,19-,27+,28+,29+,32-,33+,34+,35+,37-,38-,39-,40+,41+,42+,43+,44+,45-,47+,49-,50+,51-,52-,53-,54-/m0/s1. The van der Waals surface area contributed by atoms with Crippen LogP contribution < -0.4 is 14.9 Å². The molecule has 5 aliphatic heterocycles. The van der Waals surface area contributed by atoms with Crippen LogP contribution in [-0.2, 0) is 47.4 Å². The first-order valence-corrected chi connectivity index (χ1v) is 26.6. The molecule has 9 rings (SSSR count). The van der Waals surface area contributed by atoms with E-state index in [1.165, 1.54) is 68.5 Å². The topological polar surface area (TPSA) is 493 Å². The number of carbonyl (C=O) groups is 1. The summed E-state index contributed by atoms with van der Waals surface area (Å²) in [6.07, 6.45) is -42.4. The lowest BCUT2D eigenvalue weighted by atomic mass is 9.97. The molecule has 31 heteroatoms. The number of aliphatic hydroxyl groups is 14. The zero-order valence-electron chi connectivity index (χ0n) is 44.8. The third-order valence-electron chi connectivity index (χ3n) is 15.0. The third kappa shape index (κ3) is 13.4. The molecular weight excluding hydrogens is 1140 g/mol. The zero-order valence-corrected chi connectivity index (χ0v) is 44.8. The highest BCUT2D eigenvalue weighted by Gasteiger charge is 2.54. The number of benzene rings is 3. The van der Waals surface area contributed by atoms with Crippen molar-refractivity contribution in [3.63, 3.8) is 0 Å². The summed E-state index contributed by atoms with van der Waals surface area (Å²) in [6.45, 7) is 0.210. The van der Waals surface area contributed by atoms with E-state index in [0.29, 0.717) is 5.56 Å². The predicted molar refractivity (Wildman–Crippen MR) is 276 cm³/mol. The lowest BCUT2D eigenvalue weighted by Gasteiger charge is -2.46. The maximum absolute atomic E-state index is 14.6. The van der Waals surface area contributed by atoms with Crippen LogP contribution in [-0.4, -0.2) is 266 Å². The number of phenols is 3. The van der Waals surface area contributed by atoms with Gasteiger partial charge in [-0.05, 0) is 61.9 Å². The monoisotopic (exact) mass is 1210 g/mol. The quantitative estimate of drug-likeness (QED) is 0.0347. The van der Waals surface area contributed by atoms with E-state index in [0.717, 1.165) is 18.2 Å². The highest BCUT2D eigenvalue weighted by molar-refractivity contribution is 5.88. The minimum absolute atomic E-state index is 0.0146. The lowest BCUT2D eigenvalue weighted by molar-refractivity contribution is -0.361. The molecule has 25 atom stereocenters. The second-order valence-corrected chi connectivity index (χ2v) is 20.8. The highest BCUT2D eigenvalue weighted by atomic mass is 16.8. The molecule has 0 bridgehead atoms. The van der Waals surface area contributed by atoms with Crippen LogP contribution in [0.1, 0.15) is 19.4 Å². The van der Waals surface area contributed by atoms with Crippen molar-refractivity contribution in [1.82, 2.24) is 0 Å². The van der Waals surface area contributed by atoms with Gasteiger partial charge in [0.05, 0.1) is 32.0 Å². The molecule has 5 fully saturated rings. The first-order chi connectivity index (χ1) is 40.4. The van der Waals surface area contributed by atoms with Crippen LogP contribution in [0.5, 0.6) is 28.7 Å². The number of rotatable bonds is 17. The third-order valence-corrected chi connectivity index (χ3v) is 15.0. The van der Waals surface area contributed by atoms with Crippen molar-refractivity contribution in [2.24, 2.45) is 0 Å². The van der Waals surface area contributed by atoms with Crippen LogP contribution >= 0.6 is 0 Å². The van der Waals surface area contributed by atoms with Crippen LogP contribution in [0, 0.1) is 0 Å². The Hall–Kier alpha value is -5.80. The number of hydrogen-bond acceptors (Lipinski definition) is 31. The molecule has 3 aromatic carbocycles. The first kappa shape index (κ1) is 63.7. The molecule has 1 aromatic heterocycles. The van der Waals surface area contributed by atoms with Crippen molar-refractivity contribution in [3.05, 3.63) is 82.5 Å². The van der Waals surface area contributed by atoms with Gasteiger partial charge in [-0.1, -0.05) is 12.1 Å². The summed E-state index contributed by atoms with van der Waals surface area (Å²) in [6, 6.07) is 12.6. The number of ether oxygens (including phenoxy) is 11. The second-order valence-electron chi connectivity index (χ2n) is 20.8. The van der Waals surface area contributed by atoms with E-state index >= 15 is 0 Å². The van der Waals surface area contributed by atoms with Gasteiger partial charge in [0.15, 0.2) is 30.7 Å². The van der Waals surface area contributed by atoms with Crippen LogP contribution in [0.15, 0.2) is 76.0 Å². The molecule has 17 N–H and O–H groups in total. The maximum Gasteiger partial charge on any atom is 0.331 e. The van der Waals surface area contributed by atoms with Crippen molar-refractivity contribution >= 4 is 23.0 Å². The van der Waals surface area contributed by atoms with Gasteiger partial charge in [0, 0.05) is 23.8 Å². The van der Waals surface area contributed by atoms with Gasteiger partial charge < -0.3 is 143 Å². The molecule has 4 aromatic rings. The van der Waals surface area contributed by atoms with Crippen LogP contribution in [0.4, 0.5) is 0 Å². The fourth-order valence-electron chi connectivity index (χ4n) is 10.1. The zero-order chi connectivity index (χ0) is 61.5. The summed E-state index contributed by atoms with van der Waals surface area (Å²) in [7, 11) is 0. The average Bonchev–Trinajstić information content (AvgIpc) is 1.55. The van der Waals surface area contributed by atoms with E-state index in [2.05, 4.69) is 0 Å². The first-order valence-electron chi connectivity index (χ1n) is 26.6. The second kappa shape index (κ2) is 26.7. The molecule has 0 radical (unpaired) electrons. The maximum atomic E-state index is 14.6. The molecule has 0 amide bonds. The number of esters is 1. The number of aliphatic hydroxyl groups excluding tert-OH is 14. The normalized spacial score (nSPS) is 38.9. The van der Waals surface area contributed by atoms with Gasteiger partial charge in [0.2, 0.25) is 23.8 Å². The summed E-state index contributed by atoms with van der Waals surface area (Å²) in [5.74, 6) is -3.72. The lowest BCUT2D eigenvalue weighted by Crippen LogP contribution is -2.65. The van der Waals surface area contributed by atoms with Crippen LogP contribution in [0.3, 0.4) is 0 Å². The minimum atomic E-state index is -2.17. The Labute approximate surface area is 479 Å². The van der Waals surface area contributed by atoms with E-state index in [1.807, 2.05) is 0 Å². The van der Waals surface area contributed by atoms with Crippen molar-refractivity contribution < 1.29 is 148 Å². The Balaban J connectivity index is 0.947. The number of hydrogen-bond donors (Lipinski definition) is 17. The number of phenolic OH excluding ortho intramolecular Hbond substituents is 3. The van der Waals surface area contributed by atoms with E-state index in [1.54, 1.807) is 0 Å². The molecular formula is C54H66O31. The van der Waals surface area contributed by atoms with Gasteiger partial charge in [-0.15, -0.1) is 0 Å². The fourth-order valence-corrected chi connectivity index (χ4v) is 10.1. The fraction of sp³-hybridized carbons (Fsp3) is 0.556. The molecule has 85 heavy (non-hydrogen) atoms. The Morgan fingerprint density at radius 2 is 1.04 bits per heavy atom. The van der Waals surface area contributed by atoms with E-state index in [4.69, 9.17) is 56.5 Å². The number of carbonyl (C=O) groups excluding carboxylic acids is 1. The molecule has 31 nitrogen and oxygen atoms in total. The summed E-state index contributed by atoms with van der Waals surface area (Å²) in [4.78, 5) is 27.8. The molecule has 0 aliphatic carbocycles. The Bertz CT molecular complexity index is 2980. The molecule has 0 saturated carbocycles. The van der Waals surface area contributed by atoms with Gasteiger partial charge in [0.1, 0.15) is 138 Å². The van der Waals surface area contributed by atoms with E-state index < -0.39 is 213 Å². The highest BCUT2D eigenvalue weighted by Crippen LogP contribution is 2.40. The van der Waals surface area contributed by atoms with E-state index in [-0.39, 0.29) is 22.8 Å². The smallest absolute Gasteiger partial charge is 0.331 e. The Morgan fingerprint density at radius 3 is 1.62 bits per heavy atom. The molecule has 5 saturated heterocycles. The predicted octanol–water partition coefficient (Wildman–Crippen LogP) is -5.27. The Kier molecular flexibility index (Phi) is 20.0. The van der Waals surface area contributed by atoms with Crippen molar-refractivity contribution in [3.8, 4) is 40.1 Å². The molecule has 468 valence electrons. The number of aromatic hydroxyl groups is 3. The minimum Gasteiger partial charge on any atom is -0.508 e. The van der Waals surface area contributed by atoms with Gasteiger partial charge in [0.25, 0.3) is 0 Å². The molecule has 5 aliphatic rings. The molecule has 6 heterocycles. The van der Waals surface area contributed by atoms with Crippen molar-refractivity contribution in [1.29, 1.82) is 0 Å². The van der Waals surface area contributed by atoms with Crippen molar-refractivity contribution in [2.45, 2.75) is 167 Å². The van der Waals surface area contributed by atoms with Crippen molar-refractivity contribution in [2.75, 3.05) is 19.8 Å². The Morgan fingerprint density at radius 1 is 0.529 bits per heavy atom. The van der Waals surface area contributed by atoms with Gasteiger partial charge >= 0.3 is 5.97 Å². The largest absolute Gasteiger partial charge is 0.508 e. The summed E-state index contributed by atoms with van der Waals surface area (Å²) >= 11 is 0. The summed E-state index contributed by atoms with van der Waals surface area (Å²) < 4.78 is 69.5. The van der Waals surface area contributed by atoms with Crippen LogP contribution in [0.2, 0.25) is 0 Å². The van der Waals surface area contributed by atoms with Gasteiger partial charge in [-0.3, -0.25) is 4.79 Å². The number of fused-ring (bicyclic) bond motifs is 1.